The van der Waals surface area contributed by atoms with E-state index in [9.17, 15) is 0 Å². The molecular weight excluding hydrogens is 198 g/mol. The molecule has 0 amide bonds. The van der Waals surface area contributed by atoms with Crippen LogP contribution in [0.3, 0.4) is 0 Å². The van der Waals surface area contributed by atoms with Crippen LogP contribution in [0, 0.1) is 0 Å². The van der Waals surface area contributed by atoms with Crippen LogP contribution in [0.15, 0.2) is 0 Å². The van der Waals surface area contributed by atoms with Gasteiger partial charge in [-0.25, -0.2) is 0 Å². The van der Waals surface area contributed by atoms with Crippen molar-refractivity contribution in [3.63, 3.8) is 0 Å². The lowest BCUT2D eigenvalue weighted by Gasteiger charge is -2.21. The molecule has 0 bridgehead atoms. The van der Waals surface area contributed by atoms with E-state index in [1.54, 1.807) is 0 Å². The van der Waals surface area contributed by atoms with Gasteiger partial charge in [0.2, 0.25) is 0 Å². The zero-order chi connectivity index (χ0) is 9.80. The fourth-order valence-electron chi connectivity index (χ4n) is 1.74. The zero-order valence-corrected chi connectivity index (χ0v) is 8.92. The molecule has 0 aliphatic heterocycles. The highest BCUT2D eigenvalue weighted by atomic mass is 32.1. The third kappa shape index (κ3) is 2.42. The van der Waals surface area contributed by atoms with Crippen molar-refractivity contribution in [3.8, 4) is 0 Å². The lowest BCUT2D eigenvalue weighted by atomic mass is 9.98. The van der Waals surface area contributed by atoms with Gasteiger partial charge in [-0.15, -0.1) is 5.10 Å². The highest BCUT2D eigenvalue weighted by Crippen LogP contribution is 2.22. The molecule has 1 aromatic heterocycles. The van der Waals surface area contributed by atoms with E-state index < -0.39 is 0 Å². The van der Waals surface area contributed by atoms with E-state index in [4.69, 9.17) is 10.5 Å². The average molecular weight is 213 g/mol. The molecule has 1 heterocycles. The summed E-state index contributed by atoms with van der Waals surface area (Å²) in [5.41, 5.74) is 6.46. The minimum absolute atomic E-state index is 0.407. The molecule has 1 fully saturated rings. The number of hydrogen-bond acceptors (Lipinski definition) is 5. The number of nitrogens with zero attached hydrogens (tertiary/aromatic N) is 2. The molecule has 1 aliphatic carbocycles. The first kappa shape index (κ1) is 9.86. The summed E-state index contributed by atoms with van der Waals surface area (Å²) in [6.07, 6.45) is 6.69. The second-order valence-corrected chi connectivity index (χ2v) is 4.44. The molecule has 0 saturated heterocycles. The smallest absolute Gasteiger partial charge is 0.133 e. The van der Waals surface area contributed by atoms with Gasteiger partial charge >= 0.3 is 0 Å². The second kappa shape index (κ2) is 4.70. The van der Waals surface area contributed by atoms with Gasteiger partial charge in [0.05, 0.1) is 12.7 Å². The molecule has 0 radical (unpaired) electrons. The number of anilines is 1. The van der Waals surface area contributed by atoms with Gasteiger partial charge in [-0.2, -0.15) is 0 Å². The SMILES string of the molecule is Nc1snnc1COC1CCCCC1. The van der Waals surface area contributed by atoms with Crippen LogP contribution in [-0.2, 0) is 11.3 Å². The van der Waals surface area contributed by atoms with Gasteiger partial charge in [0.15, 0.2) is 0 Å². The van der Waals surface area contributed by atoms with Crippen molar-refractivity contribution < 1.29 is 4.74 Å². The van der Waals surface area contributed by atoms with Crippen LogP contribution in [0.2, 0.25) is 0 Å². The van der Waals surface area contributed by atoms with Crippen molar-refractivity contribution in [3.05, 3.63) is 5.69 Å². The molecule has 2 rings (SSSR count). The van der Waals surface area contributed by atoms with Crippen molar-refractivity contribution in [2.24, 2.45) is 0 Å². The summed E-state index contributed by atoms with van der Waals surface area (Å²) in [5.74, 6) is 0. The number of rotatable bonds is 3. The van der Waals surface area contributed by atoms with Gasteiger partial charge in [-0.05, 0) is 12.8 Å². The molecule has 1 saturated carbocycles. The average Bonchev–Trinajstić information content (AvgIpc) is 2.63. The van der Waals surface area contributed by atoms with Crippen LogP contribution in [0.25, 0.3) is 0 Å². The summed E-state index contributed by atoms with van der Waals surface area (Å²) >= 11 is 1.23. The number of nitrogens with two attached hydrogens (primary N) is 1. The van der Waals surface area contributed by atoms with Gasteiger partial charge in [0.25, 0.3) is 0 Å². The Labute approximate surface area is 87.6 Å². The largest absolute Gasteiger partial charge is 0.388 e. The van der Waals surface area contributed by atoms with E-state index in [0.29, 0.717) is 17.7 Å². The van der Waals surface area contributed by atoms with Gasteiger partial charge in [-0.1, -0.05) is 23.8 Å². The predicted molar refractivity (Wildman–Crippen MR) is 56.0 cm³/mol. The van der Waals surface area contributed by atoms with Crippen LogP contribution in [0.4, 0.5) is 5.00 Å². The lowest BCUT2D eigenvalue weighted by Crippen LogP contribution is -2.16. The van der Waals surface area contributed by atoms with Gasteiger partial charge in [0, 0.05) is 11.5 Å². The van der Waals surface area contributed by atoms with Gasteiger partial charge in [0.1, 0.15) is 10.7 Å². The first-order valence-electron chi connectivity index (χ1n) is 5.04. The Kier molecular flexibility index (Phi) is 3.31. The van der Waals surface area contributed by atoms with Crippen LogP contribution < -0.4 is 5.73 Å². The number of hydrogen-bond donors (Lipinski definition) is 1. The first-order valence-corrected chi connectivity index (χ1v) is 5.82. The predicted octanol–water partition coefficient (Wildman–Crippen LogP) is 1.97. The third-order valence-corrected chi connectivity index (χ3v) is 3.19. The molecule has 0 spiro atoms. The Morgan fingerprint density at radius 2 is 2.14 bits per heavy atom. The van der Waals surface area contributed by atoms with E-state index >= 15 is 0 Å². The quantitative estimate of drug-likeness (QED) is 0.834. The standard InChI is InChI=1S/C9H15N3OS/c10-9-8(11-12-14-9)6-13-7-4-2-1-3-5-7/h7H,1-6,10H2. The van der Waals surface area contributed by atoms with Crippen LogP contribution in [-0.4, -0.2) is 15.7 Å². The van der Waals surface area contributed by atoms with E-state index in [0.717, 1.165) is 5.69 Å². The highest BCUT2D eigenvalue weighted by molar-refractivity contribution is 7.09. The Hall–Kier alpha value is -0.680. The van der Waals surface area contributed by atoms with Crippen LogP contribution in [0.5, 0.6) is 0 Å². The summed E-state index contributed by atoms with van der Waals surface area (Å²) in [5, 5.41) is 4.60. The summed E-state index contributed by atoms with van der Waals surface area (Å²) < 4.78 is 9.50. The second-order valence-electron chi connectivity index (χ2n) is 3.65. The normalized spacial score (nSPS) is 18.6. The molecular formula is C9H15N3OS. The molecule has 1 aliphatic rings. The zero-order valence-electron chi connectivity index (χ0n) is 8.11. The Morgan fingerprint density at radius 1 is 1.36 bits per heavy atom. The van der Waals surface area contributed by atoms with Crippen LogP contribution >= 0.6 is 11.5 Å². The first-order chi connectivity index (χ1) is 6.86. The third-order valence-electron chi connectivity index (χ3n) is 2.59. The Balaban J connectivity index is 1.79. The molecule has 4 nitrogen and oxygen atoms in total. The van der Waals surface area contributed by atoms with Gasteiger partial charge < -0.3 is 10.5 Å². The fraction of sp³-hybridized carbons (Fsp3) is 0.778. The highest BCUT2D eigenvalue weighted by Gasteiger charge is 2.15. The summed E-state index contributed by atoms with van der Waals surface area (Å²) in [7, 11) is 0. The number of aromatic nitrogens is 2. The van der Waals surface area contributed by atoms with Crippen molar-refractivity contribution in [1.29, 1.82) is 0 Å². The maximum absolute atomic E-state index is 5.73. The molecule has 0 aromatic carbocycles. The van der Waals surface area contributed by atoms with Crippen molar-refractivity contribution >= 4 is 16.5 Å². The summed E-state index contributed by atoms with van der Waals surface area (Å²) in [6, 6.07) is 0. The van der Waals surface area contributed by atoms with E-state index in [2.05, 4.69) is 9.59 Å². The molecule has 0 atom stereocenters. The number of ether oxygens (including phenoxy) is 1. The van der Waals surface area contributed by atoms with E-state index in [1.165, 1.54) is 43.6 Å². The van der Waals surface area contributed by atoms with E-state index in [1.807, 2.05) is 0 Å². The molecule has 78 valence electrons. The van der Waals surface area contributed by atoms with Crippen molar-refractivity contribution in [2.45, 2.75) is 44.8 Å². The lowest BCUT2D eigenvalue weighted by molar-refractivity contribution is 0.0155. The number of nitrogen functional groups attached to an aromatic ring is 1. The minimum atomic E-state index is 0.407. The molecule has 1 aromatic rings. The minimum Gasteiger partial charge on any atom is -0.388 e. The topological polar surface area (TPSA) is 61.0 Å². The summed E-state index contributed by atoms with van der Waals surface area (Å²) in [4.78, 5) is 0. The maximum Gasteiger partial charge on any atom is 0.133 e. The van der Waals surface area contributed by atoms with Crippen LogP contribution in [0.1, 0.15) is 37.8 Å². The molecule has 2 N–H and O–H groups in total. The maximum atomic E-state index is 5.73. The van der Waals surface area contributed by atoms with E-state index in [-0.39, 0.29) is 0 Å². The van der Waals surface area contributed by atoms with Crippen molar-refractivity contribution in [1.82, 2.24) is 9.59 Å². The monoisotopic (exact) mass is 213 g/mol. The Bertz CT molecular complexity index is 283. The Morgan fingerprint density at radius 3 is 2.79 bits per heavy atom. The fourth-order valence-corrected chi connectivity index (χ4v) is 2.18. The molecule has 14 heavy (non-hydrogen) atoms. The molecule has 5 heteroatoms. The van der Waals surface area contributed by atoms with Gasteiger partial charge in [-0.3, -0.25) is 0 Å². The van der Waals surface area contributed by atoms with Crippen molar-refractivity contribution in [2.75, 3.05) is 5.73 Å². The summed E-state index contributed by atoms with van der Waals surface area (Å²) in [6.45, 7) is 0.521. The molecule has 0 unspecified atom stereocenters.